The summed E-state index contributed by atoms with van der Waals surface area (Å²) in [5, 5.41) is 3.67. The monoisotopic (exact) mass is 457 g/mol. The topological polar surface area (TPSA) is 89.4 Å². The van der Waals surface area contributed by atoms with E-state index in [2.05, 4.69) is 23.9 Å². The number of amides is 1. The minimum Gasteiger partial charge on any atom is -0.383 e. The molecule has 0 fully saturated rings. The second-order valence-electron chi connectivity index (χ2n) is 8.30. The molecule has 1 amide bonds. The number of hydrogen-bond donors (Lipinski definition) is 2. The number of fused-ring (bicyclic) bond motifs is 1. The van der Waals surface area contributed by atoms with Crippen molar-refractivity contribution >= 4 is 32.5 Å². The zero-order chi connectivity index (χ0) is 23.3. The van der Waals surface area contributed by atoms with Crippen molar-refractivity contribution in [3.05, 3.63) is 59.8 Å². The van der Waals surface area contributed by atoms with Crippen LogP contribution in [-0.2, 0) is 21.3 Å². The molecule has 0 aliphatic rings. The van der Waals surface area contributed by atoms with Crippen molar-refractivity contribution in [2.45, 2.75) is 38.6 Å². The Hall–Kier alpha value is -2.84. The van der Waals surface area contributed by atoms with E-state index in [1.165, 1.54) is 0 Å². The van der Waals surface area contributed by atoms with Crippen molar-refractivity contribution in [3.63, 3.8) is 0 Å². The molecule has 1 heterocycles. The molecule has 1 aromatic heterocycles. The molecule has 0 unspecified atom stereocenters. The number of anilines is 1. The van der Waals surface area contributed by atoms with Crippen molar-refractivity contribution in [2.75, 3.05) is 25.0 Å². The summed E-state index contributed by atoms with van der Waals surface area (Å²) < 4.78 is 35.2. The highest BCUT2D eigenvalue weighted by molar-refractivity contribution is 7.92. The maximum absolute atomic E-state index is 12.8. The van der Waals surface area contributed by atoms with Gasteiger partial charge in [-0.15, -0.1) is 0 Å². The molecule has 0 saturated heterocycles. The Kier molecular flexibility index (Phi) is 7.58. The Morgan fingerprint density at radius 3 is 2.47 bits per heavy atom. The number of aryl methyl sites for hydroxylation is 2. The van der Waals surface area contributed by atoms with Gasteiger partial charge < -0.3 is 14.6 Å². The number of nitrogens with zero attached hydrogens (tertiary/aromatic N) is 1. The molecular formula is C24H31N3O4S. The van der Waals surface area contributed by atoms with Gasteiger partial charge in [0, 0.05) is 36.8 Å². The maximum atomic E-state index is 12.8. The lowest BCUT2D eigenvalue weighted by molar-refractivity contribution is 0.0928. The fraction of sp³-hybridized carbons (Fsp3) is 0.375. The quantitative estimate of drug-likeness (QED) is 0.447. The van der Waals surface area contributed by atoms with E-state index < -0.39 is 10.0 Å². The molecule has 0 aliphatic heterocycles. The number of nitrogens with one attached hydrogen (secondary N) is 2. The third kappa shape index (κ3) is 5.69. The van der Waals surface area contributed by atoms with Crippen LogP contribution in [0.4, 0.5) is 5.69 Å². The number of carbonyl (C=O) groups is 1. The van der Waals surface area contributed by atoms with Crippen molar-refractivity contribution in [1.29, 1.82) is 0 Å². The fourth-order valence-corrected chi connectivity index (χ4v) is 4.49. The van der Waals surface area contributed by atoms with Crippen LogP contribution in [0.25, 0.3) is 10.9 Å². The van der Waals surface area contributed by atoms with Gasteiger partial charge in [0.05, 0.1) is 11.5 Å². The van der Waals surface area contributed by atoms with Crippen LogP contribution < -0.4 is 10.0 Å². The molecule has 3 aromatic rings. The van der Waals surface area contributed by atoms with E-state index in [0.29, 0.717) is 37.0 Å². The molecule has 172 valence electrons. The van der Waals surface area contributed by atoms with E-state index >= 15 is 0 Å². The van der Waals surface area contributed by atoms with Gasteiger partial charge in [-0.25, -0.2) is 8.42 Å². The van der Waals surface area contributed by atoms with E-state index in [4.69, 9.17) is 4.74 Å². The van der Waals surface area contributed by atoms with Crippen molar-refractivity contribution < 1.29 is 17.9 Å². The number of rotatable bonds is 10. The van der Waals surface area contributed by atoms with Crippen LogP contribution in [0.1, 0.15) is 36.3 Å². The molecule has 0 spiro atoms. The first-order chi connectivity index (χ1) is 15.2. The highest BCUT2D eigenvalue weighted by Gasteiger charge is 2.18. The van der Waals surface area contributed by atoms with Crippen LogP contribution in [0, 0.1) is 12.8 Å². The number of ether oxygens (including phenoxy) is 1. The lowest BCUT2D eigenvalue weighted by Gasteiger charge is -2.13. The summed E-state index contributed by atoms with van der Waals surface area (Å²) in [6, 6.07) is 13.9. The predicted molar refractivity (Wildman–Crippen MR) is 128 cm³/mol. The number of hydrogen-bond acceptors (Lipinski definition) is 4. The third-order valence-electron chi connectivity index (χ3n) is 5.24. The summed E-state index contributed by atoms with van der Waals surface area (Å²) in [6.45, 7) is 7.74. The van der Waals surface area contributed by atoms with Crippen LogP contribution in [0.3, 0.4) is 0 Å². The summed E-state index contributed by atoms with van der Waals surface area (Å²) in [4.78, 5) is 13.0. The first-order valence-corrected chi connectivity index (χ1v) is 12.2. The SMILES string of the molecule is COCCNC(=O)c1cc2cc(NS(=O)(=O)c3ccc(C)cc3)ccc2n1CCC(C)C. The average Bonchev–Trinajstić information content (AvgIpc) is 3.10. The number of benzene rings is 2. The number of methoxy groups -OCH3 is 1. The standard InChI is InChI=1S/C24H31N3O4S/c1-17(2)11-13-27-22-10-7-20(26-32(29,30)21-8-5-18(3)6-9-21)15-19(22)16-23(27)24(28)25-12-14-31-4/h5-10,15-17,26H,11-14H2,1-4H3,(H,25,28). The number of sulfonamides is 1. The molecule has 32 heavy (non-hydrogen) atoms. The maximum Gasteiger partial charge on any atom is 0.268 e. The molecule has 0 saturated carbocycles. The molecule has 0 bridgehead atoms. The molecule has 0 radical (unpaired) electrons. The smallest absolute Gasteiger partial charge is 0.268 e. The molecular weight excluding hydrogens is 426 g/mol. The van der Waals surface area contributed by atoms with Gasteiger partial charge in [0.2, 0.25) is 0 Å². The second-order valence-corrected chi connectivity index (χ2v) is 9.99. The number of carbonyl (C=O) groups excluding carboxylic acids is 1. The van der Waals surface area contributed by atoms with Gasteiger partial charge in [0.15, 0.2) is 0 Å². The Labute approximate surface area is 189 Å². The highest BCUT2D eigenvalue weighted by Crippen LogP contribution is 2.26. The summed E-state index contributed by atoms with van der Waals surface area (Å²) in [7, 11) is -2.12. The van der Waals surface area contributed by atoms with Gasteiger partial charge in [0.1, 0.15) is 5.69 Å². The van der Waals surface area contributed by atoms with Gasteiger partial charge >= 0.3 is 0 Å². The first-order valence-electron chi connectivity index (χ1n) is 10.7. The highest BCUT2D eigenvalue weighted by atomic mass is 32.2. The molecule has 2 N–H and O–H groups in total. The molecule has 7 nitrogen and oxygen atoms in total. The van der Waals surface area contributed by atoms with E-state index in [1.807, 2.05) is 23.6 Å². The first kappa shape index (κ1) is 23.8. The predicted octanol–water partition coefficient (Wildman–Crippen LogP) is 4.17. The van der Waals surface area contributed by atoms with Crippen molar-refractivity contribution in [3.8, 4) is 0 Å². The number of aromatic nitrogens is 1. The van der Waals surface area contributed by atoms with Crippen molar-refractivity contribution in [1.82, 2.24) is 9.88 Å². The normalized spacial score (nSPS) is 11.8. The van der Waals surface area contributed by atoms with Crippen LogP contribution in [0.2, 0.25) is 0 Å². The van der Waals surface area contributed by atoms with Gasteiger partial charge in [-0.3, -0.25) is 9.52 Å². The van der Waals surface area contributed by atoms with Crippen LogP contribution in [0.15, 0.2) is 53.4 Å². The summed E-state index contributed by atoms with van der Waals surface area (Å²) >= 11 is 0. The lowest BCUT2D eigenvalue weighted by atomic mass is 10.1. The van der Waals surface area contributed by atoms with Crippen molar-refractivity contribution in [2.24, 2.45) is 5.92 Å². The summed E-state index contributed by atoms with van der Waals surface area (Å²) in [5.74, 6) is 0.307. The average molecular weight is 458 g/mol. The van der Waals surface area contributed by atoms with E-state index in [9.17, 15) is 13.2 Å². The van der Waals surface area contributed by atoms with E-state index in [1.54, 1.807) is 43.5 Å². The van der Waals surface area contributed by atoms with Crippen LogP contribution in [-0.4, -0.2) is 39.2 Å². The fourth-order valence-electron chi connectivity index (χ4n) is 3.44. The lowest BCUT2D eigenvalue weighted by Crippen LogP contribution is -2.29. The zero-order valence-corrected chi connectivity index (χ0v) is 19.8. The second kappa shape index (κ2) is 10.2. The molecule has 2 aromatic carbocycles. The Morgan fingerprint density at radius 2 is 1.81 bits per heavy atom. The van der Waals surface area contributed by atoms with Gasteiger partial charge in [-0.05, 0) is 55.7 Å². The van der Waals surface area contributed by atoms with Gasteiger partial charge in [-0.2, -0.15) is 0 Å². The Morgan fingerprint density at radius 1 is 1.09 bits per heavy atom. The largest absolute Gasteiger partial charge is 0.383 e. The van der Waals surface area contributed by atoms with Gasteiger partial charge in [-0.1, -0.05) is 31.5 Å². The molecule has 0 aliphatic carbocycles. The Bertz CT molecular complexity index is 1180. The zero-order valence-electron chi connectivity index (χ0n) is 19.0. The molecule has 8 heteroatoms. The minimum absolute atomic E-state index is 0.177. The summed E-state index contributed by atoms with van der Waals surface area (Å²) in [6.07, 6.45) is 0.921. The Balaban J connectivity index is 1.93. The minimum atomic E-state index is -3.70. The van der Waals surface area contributed by atoms with Crippen LogP contribution >= 0.6 is 0 Å². The molecule has 3 rings (SSSR count). The summed E-state index contributed by atoms with van der Waals surface area (Å²) in [5.41, 5.74) is 2.88. The van der Waals surface area contributed by atoms with E-state index in [0.717, 1.165) is 22.9 Å². The van der Waals surface area contributed by atoms with Crippen LogP contribution in [0.5, 0.6) is 0 Å². The third-order valence-corrected chi connectivity index (χ3v) is 6.64. The molecule has 0 atom stereocenters. The van der Waals surface area contributed by atoms with E-state index in [-0.39, 0.29) is 10.8 Å². The van der Waals surface area contributed by atoms with Gasteiger partial charge in [0.25, 0.3) is 15.9 Å².